The molecule has 0 bridgehead atoms. The summed E-state index contributed by atoms with van der Waals surface area (Å²) in [6.07, 6.45) is -3.44. The highest BCUT2D eigenvalue weighted by Gasteiger charge is 2.37. The van der Waals surface area contributed by atoms with Gasteiger partial charge >= 0.3 is 6.18 Å². The number of fused-ring (bicyclic) bond motifs is 1. The highest BCUT2D eigenvalue weighted by Crippen LogP contribution is 2.39. The molecule has 4 rings (SSSR count). The number of rotatable bonds is 3. The summed E-state index contributed by atoms with van der Waals surface area (Å²) in [5, 5.41) is 0.594. The molecule has 0 aliphatic carbocycles. The summed E-state index contributed by atoms with van der Waals surface area (Å²) < 4.78 is 40.7. The third-order valence-electron chi connectivity index (χ3n) is 5.91. The van der Waals surface area contributed by atoms with Crippen LogP contribution in [0.25, 0.3) is 0 Å². The first-order chi connectivity index (χ1) is 15.6. The van der Waals surface area contributed by atoms with Gasteiger partial charge in [0, 0.05) is 29.1 Å². The maximum atomic E-state index is 13.7. The lowest BCUT2D eigenvalue weighted by atomic mass is 9.94. The molecule has 3 aromatic rings. The summed E-state index contributed by atoms with van der Waals surface area (Å²) in [6.45, 7) is 3.37. The predicted octanol–water partition coefficient (Wildman–Crippen LogP) is 6.49. The number of amides is 1. The van der Waals surface area contributed by atoms with Crippen LogP contribution in [0.3, 0.4) is 0 Å². The number of alkyl halides is 3. The van der Waals surface area contributed by atoms with Crippen LogP contribution in [0.1, 0.15) is 28.8 Å². The molecule has 4 nitrogen and oxygen atoms in total. The van der Waals surface area contributed by atoms with Crippen molar-refractivity contribution >= 4 is 34.7 Å². The van der Waals surface area contributed by atoms with E-state index >= 15 is 0 Å². The molecule has 0 N–H and O–H groups in total. The van der Waals surface area contributed by atoms with Gasteiger partial charge in [-0.05, 0) is 74.2 Å². The van der Waals surface area contributed by atoms with Gasteiger partial charge in [0.25, 0.3) is 0 Å². The van der Waals surface area contributed by atoms with E-state index in [1.54, 1.807) is 24.1 Å². The third kappa shape index (κ3) is 4.55. The van der Waals surface area contributed by atoms with E-state index in [1.807, 2.05) is 37.3 Å². The van der Waals surface area contributed by atoms with Gasteiger partial charge in [-0.2, -0.15) is 13.2 Å². The zero-order chi connectivity index (χ0) is 23.9. The molecule has 1 unspecified atom stereocenters. The van der Waals surface area contributed by atoms with E-state index in [1.165, 1.54) is 11.8 Å². The summed E-state index contributed by atoms with van der Waals surface area (Å²) in [5.41, 5.74) is 2.58. The van der Waals surface area contributed by atoms with Crippen molar-refractivity contribution in [2.45, 2.75) is 38.9 Å². The Balaban J connectivity index is 1.80. The second-order valence-electron chi connectivity index (χ2n) is 8.24. The van der Waals surface area contributed by atoms with Crippen LogP contribution in [-0.4, -0.2) is 24.0 Å². The van der Waals surface area contributed by atoms with Crippen molar-refractivity contribution in [3.63, 3.8) is 0 Å². The van der Waals surface area contributed by atoms with Gasteiger partial charge in [-0.1, -0.05) is 29.8 Å². The lowest BCUT2D eigenvalue weighted by Gasteiger charge is -2.39. The van der Waals surface area contributed by atoms with Crippen LogP contribution >= 0.6 is 11.6 Å². The molecule has 2 aromatic carbocycles. The maximum Gasteiger partial charge on any atom is 0.416 e. The van der Waals surface area contributed by atoms with Gasteiger partial charge in [0.2, 0.25) is 5.91 Å². The van der Waals surface area contributed by atoms with Crippen molar-refractivity contribution in [2.24, 2.45) is 0 Å². The smallest absolute Gasteiger partial charge is 0.314 e. The van der Waals surface area contributed by atoms with Crippen LogP contribution in [0, 0.1) is 13.8 Å². The van der Waals surface area contributed by atoms with Gasteiger partial charge in [0.15, 0.2) is 0 Å². The zero-order valence-electron chi connectivity index (χ0n) is 18.4. The molecule has 2 heterocycles. The highest BCUT2D eigenvalue weighted by atomic mass is 35.5. The number of aryl methyl sites for hydroxylation is 3. The topological polar surface area (TPSA) is 36.4 Å². The average molecular weight is 474 g/mol. The number of likely N-dealkylation sites (N-methyl/N-ethyl adjacent to an activating group) is 1. The van der Waals surface area contributed by atoms with Crippen molar-refractivity contribution in [2.75, 3.05) is 16.8 Å². The summed E-state index contributed by atoms with van der Waals surface area (Å²) in [7, 11) is 1.66. The van der Waals surface area contributed by atoms with Crippen molar-refractivity contribution in [3.8, 4) is 0 Å². The number of benzene rings is 2. The zero-order valence-corrected chi connectivity index (χ0v) is 19.2. The first-order valence-electron chi connectivity index (χ1n) is 10.5. The second-order valence-corrected chi connectivity index (χ2v) is 8.64. The number of halogens is 4. The Labute approximate surface area is 195 Å². The van der Waals surface area contributed by atoms with Crippen molar-refractivity contribution in [1.82, 2.24) is 4.98 Å². The number of pyridine rings is 1. The summed E-state index contributed by atoms with van der Waals surface area (Å²) >= 11 is 6.13. The molecule has 1 atom stereocenters. The van der Waals surface area contributed by atoms with Gasteiger partial charge in [-0.25, -0.2) is 4.98 Å². The molecule has 0 spiro atoms. The second kappa shape index (κ2) is 8.71. The SMILES string of the molecule is Cc1cc(C(F)(F)F)cc(N2c3ccccc3CCC2C(=O)N(C)c2ccc(Cl)c(C)c2)n1. The highest BCUT2D eigenvalue weighted by molar-refractivity contribution is 6.31. The fourth-order valence-electron chi connectivity index (χ4n) is 4.19. The number of aromatic nitrogens is 1. The van der Waals surface area contributed by atoms with Crippen molar-refractivity contribution in [3.05, 3.63) is 82.0 Å². The van der Waals surface area contributed by atoms with Crippen LogP contribution in [0.4, 0.5) is 30.4 Å². The molecular formula is C25H23ClF3N3O. The number of carbonyl (C=O) groups excluding carboxylic acids is 1. The van der Waals surface area contributed by atoms with Gasteiger partial charge in [-0.15, -0.1) is 0 Å². The van der Waals surface area contributed by atoms with E-state index in [-0.39, 0.29) is 17.4 Å². The van der Waals surface area contributed by atoms with E-state index in [0.29, 0.717) is 29.2 Å². The Bertz CT molecular complexity index is 1210. The molecule has 0 saturated heterocycles. The number of hydrogen-bond donors (Lipinski definition) is 0. The summed E-state index contributed by atoms with van der Waals surface area (Å²) in [4.78, 5) is 21.2. The van der Waals surface area contributed by atoms with E-state index < -0.39 is 17.8 Å². The van der Waals surface area contributed by atoms with Crippen molar-refractivity contribution in [1.29, 1.82) is 0 Å². The van der Waals surface area contributed by atoms with Gasteiger partial charge in [0.1, 0.15) is 11.9 Å². The predicted molar refractivity (Wildman–Crippen MR) is 124 cm³/mol. The number of carbonyl (C=O) groups is 1. The Kier molecular flexibility index (Phi) is 6.10. The van der Waals surface area contributed by atoms with Gasteiger partial charge in [-0.3, -0.25) is 4.79 Å². The molecule has 8 heteroatoms. The molecule has 0 saturated carbocycles. The average Bonchev–Trinajstić information content (AvgIpc) is 2.78. The maximum absolute atomic E-state index is 13.7. The molecule has 172 valence electrons. The van der Waals surface area contributed by atoms with Crippen LogP contribution in [0.2, 0.25) is 5.02 Å². The summed E-state index contributed by atoms with van der Waals surface area (Å²) in [6, 6.07) is 14.0. The van der Waals surface area contributed by atoms with Gasteiger partial charge in [0.05, 0.1) is 5.56 Å². The van der Waals surface area contributed by atoms with Crippen LogP contribution < -0.4 is 9.80 Å². The minimum absolute atomic E-state index is 0.105. The summed E-state index contributed by atoms with van der Waals surface area (Å²) in [5.74, 6) is -0.128. The standard InChI is InChI=1S/C25H23ClF3N3O/c1-15-12-19(9-10-20(15)26)31(3)24(33)22-11-8-17-6-4-5-7-21(17)32(22)23-14-18(25(27,28)29)13-16(2)30-23/h4-7,9-10,12-14,22H,8,11H2,1-3H3. The molecule has 0 fully saturated rings. The fourth-order valence-corrected chi connectivity index (χ4v) is 4.31. The number of anilines is 3. The molecular weight excluding hydrogens is 451 g/mol. The Morgan fingerprint density at radius 1 is 1.12 bits per heavy atom. The molecule has 1 amide bonds. The minimum atomic E-state index is -4.52. The first-order valence-corrected chi connectivity index (χ1v) is 10.9. The number of hydrogen-bond acceptors (Lipinski definition) is 3. The Hall–Kier alpha value is -3.06. The van der Waals surface area contributed by atoms with Crippen LogP contribution in [-0.2, 0) is 17.4 Å². The van der Waals surface area contributed by atoms with E-state index in [2.05, 4.69) is 4.98 Å². The van der Waals surface area contributed by atoms with Crippen LogP contribution in [0.15, 0.2) is 54.6 Å². The largest absolute Gasteiger partial charge is 0.416 e. The first kappa shape index (κ1) is 23.1. The lowest BCUT2D eigenvalue weighted by molar-refractivity contribution is -0.137. The minimum Gasteiger partial charge on any atom is -0.314 e. The van der Waals surface area contributed by atoms with Crippen molar-refractivity contribution < 1.29 is 18.0 Å². The Morgan fingerprint density at radius 2 is 1.85 bits per heavy atom. The van der Waals surface area contributed by atoms with E-state index in [4.69, 9.17) is 11.6 Å². The van der Waals surface area contributed by atoms with Crippen LogP contribution in [0.5, 0.6) is 0 Å². The van der Waals surface area contributed by atoms with E-state index in [0.717, 1.165) is 23.3 Å². The quantitative estimate of drug-likeness (QED) is 0.436. The number of nitrogens with zero attached hydrogens (tertiary/aromatic N) is 3. The van der Waals surface area contributed by atoms with Gasteiger partial charge < -0.3 is 9.80 Å². The lowest BCUT2D eigenvalue weighted by Crippen LogP contribution is -2.48. The molecule has 1 aliphatic heterocycles. The monoisotopic (exact) mass is 473 g/mol. The van der Waals surface area contributed by atoms with E-state index in [9.17, 15) is 18.0 Å². The Morgan fingerprint density at radius 3 is 2.55 bits per heavy atom. The third-order valence-corrected chi connectivity index (χ3v) is 6.33. The molecule has 0 radical (unpaired) electrons. The molecule has 1 aromatic heterocycles. The fraction of sp³-hybridized carbons (Fsp3) is 0.280. The normalized spacial score (nSPS) is 15.8. The molecule has 33 heavy (non-hydrogen) atoms. The number of para-hydroxylation sites is 1. The molecule has 1 aliphatic rings.